The second-order valence-corrected chi connectivity index (χ2v) is 3.29. The van der Waals surface area contributed by atoms with Gasteiger partial charge in [0, 0.05) is 0 Å². The second-order valence-electron chi connectivity index (χ2n) is 1.19. The Morgan fingerprint density at radius 3 is 2.00 bits per heavy atom. The van der Waals surface area contributed by atoms with Crippen molar-refractivity contribution < 1.29 is 17.8 Å². The van der Waals surface area contributed by atoms with Crippen molar-refractivity contribution in [2.45, 2.75) is 0 Å². The van der Waals surface area contributed by atoms with E-state index in [1.165, 1.54) is 0 Å². The molecule has 0 radical (unpaired) electrons. The zero-order chi connectivity index (χ0) is 6.78. The molecule has 0 rings (SSSR count). The van der Waals surface area contributed by atoms with Gasteiger partial charge >= 0.3 is 0 Å². The highest BCUT2D eigenvalue weighted by atomic mass is 32.2. The highest BCUT2D eigenvalue weighted by molar-refractivity contribution is 7.87. The summed E-state index contributed by atoms with van der Waals surface area (Å²) in [5.41, 5.74) is -0.646. The molecule has 1 unspecified atom stereocenters. The Balaban J connectivity index is 3.95. The highest BCUT2D eigenvalue weighted by Gasteiger charge is 2.06. The molecule has 8 heavy (non-hydrogen) atoms. The Morgan fingerprint density at radius 2 is 2.00 bits per heavy atom. The lowest BCUT2D eigenvalue weighted by Crippen LogP contribution is -2.08. The van der Waals surface area contributed by atoms with Gasteiger partial charge in [-0.15, -0.1) is 0 Å². The first-order chi connectivity index (χ1) is 3.42. The van der Waals surface area contributed by atoms with E-state index in [2.05, 4.69) is 0 Å². The third kappa shape index (κ3) is 6.01. The van der Waals surface area contributed by atoms with E-state index < -0.39 is 21.4 Å². The van der Waals surface area contributed by atoms with Crippen molar-refractivity contribution in [2.75, 3.05) is 5.75 Å². The molecule has 0 heterocycles. The van der Waals surface area contributed by atoms with Gasteiger partial charge in [-0.05, 0) is 0 Å². The monoisotopic (exact) mass is 156 g/mol. The normalized spacial score (nSPS) is 11.2. The predicted octanol–water partition coefficient (Wildman–Crippen LogP) is -0.724. The van der Waals surface area contributed by atoms with Crippen LogP contribution in [0.5, 0.6) is 0 Å². The lowest BCUT2D eigenvalue weighted by Gasteiger charge is -1.86. The van der Waals surface area contributed by atoms with Crippen LogP contribution in [0, 0.1) is 0 Å². The van der Waals surface area contributed by atoms with E-state index in [1.54, 1.807) is 9.24 Å². The molecule has 0 aliphatic heterocycles. The number of hydrogen-bond acceptors (Lipinski definition) is 3. The average molecular weight is 156 g/mol. The quantitative estimate of drug-likeness (QED) is 0.423. The maximum atomic E-state index is 9.88. The zero-order valence-electron chi connectivity index (χ0n) is 3.86. The van der Waals surface area contributed by atoms with Gasteiger partial charge in [0.2, 0.25) is 0 Å². The first kappa shape index (κ1) is 8.01. The number of carbonyl (C=O) groups is 1. The molecule has 1 N–H and O–H groups in total. The molecule has 0 aromatic heterocycles. The second kappa shape index (κ2) is 2.53. The van der Waals surface area contributed by atoms with Crippen molar-refractivity contribution >= 4 is 24.9 Å². The summed E-state index contributed by atoms with van der Waals surface area (Å²) in [4.78, 5) is 9.88. The van der Waals surface area contributed by atoms with Crippen LogP contribution in [0.4, 0.5) is 0 Å². The van der Waals surface area contributed by atoms with Crippen molar-refractivity contribution in [3.8, 4) is 0 Å². The molecule has 0 aromatic rings. The molecule has 0 bridgehead atoms. The fourth-order valence-electron chi connectivity index (χ4n) is 0.180. The molecule has 0 saturated carbocycles. The Kier molecular flexibility index (Phi) is 2.53. The van der Waals surface area contributed by atoms with E-state index in [0.29, 0.717) is 0 Å². The van der Waals surface area contributed by atoms with Gasteiger partial charge in [-0.2, -0.15) is 8.42 Å². The molecular formula is C2H5O4PS. The molecule has 0 fully saturated rings. The average Bonchev–Trinajstić information content (AvgIpc) is 1.21. The van der Waals surface area contributed by atoms with Crippen LogP contribution in [-0.4, -0.2) is 24.2 Å². The van der Waals surface area contributed by atoms with E-state index in [0.717, 1.165) is 0 Å². The number of rotatable bonds is 2. The summed E-state index contributed by atoms with van der Waals surface area (Å²) in [6.45, 7) is 0. The van der Waals surface area contributed by atoms with Crippen LogP contribution < -0.4 is 0 Å². The standard InChI is InChI=1S/C2H5O4PS/c3-2(7)1-8(4,5)6/h1,7H2,(H,4,5,6). The molecule has 0 spiro atoms. The fourth-order valence-corrected chi connectivity index (χ4v) is 1.17. The Labute approximate surface area is 49.2 Å². The Morgan fingerprint density at radius 1 is 1.62 bits per heavy atom. The molecule has 4 nitrogen and oxygen atoms in total. The van der Waals surface area contributed by atoms with Crippen LogP contribution in [0.3, 0.4) is 0 Å². The van der Waals surface area contributed by atoms with Gasteiger partial charge in [0.1, 0.15) is 5.75 Å². The first-order valence-corrected chi connectivity index (χ1v) is 3.84. The lowest BCUT2D eigenvalue weighted by molar-refractivity contribution is -0.109. The van der Waals surface area contributed by atoms with Gasteiger partial charge in [0.05, 0.1) is 0 Å². The van der Waals surface area contributed by atoms with E-state index in [9.17, 15) is 13.2 Å². The van der Waals surface area contributed by atoms with Gasteiger partial charge in [0.15, 0.2) is 5.52 Å². The topological polar surface area (TPSA) is 71.4 Å². The van der Waals surface area contributed by atoms with Gasteiger partial charge in [-0.25, -0.2) is 0 Å². The zero-order valence-corrected chi connectivity index (χ0v) is 5.84. The molecule has 0 amide bonds. The van der Waals surface area contributed by atoms with Crippen LogP contribution in [0.2, 0.25) is 0 Å². The van der Waals surface area contributed by atoms with Crippen molar-refractivity contribution in [1.82, 2.24) is 0 Å². The van der Waals surface area contributed by atoms with Crippen LogP contribution in [-0.2, 0) is 14.9 Å². The van der Waals surface area contributed by atoms with Crippen LogP contribution in [0.25, 0.3) is 0 Å². The lowest BCUT2D eigenvalue weighted by atomic mass is 10.9. The van der Waals surface area contributed by atoms with Crippen LogP contribution in [0.1, 0.15) is 0 Å². The van der Waals surface area contributed by atoms with Gasteiger partial charge in [0.25, 0.3) is 10.1 Å². The fraction of sp³-hybridized carbons (Fsp3) is 0.500. The minimum Gasteiger partial charge on any atom is -0.294 e. The van der Waals surface area contributed by atoms with Gasteiger partial charge in [-0.3, -0.25) is 9.35 Å². The number of carbonyl (C=O) groups excluding carboxylic acids is 1. The third-order valence-corrected chi connectivity index (χ3v) is 1.47. The summed E-state index contributed by atoms with van der Waals surface area (Å²) >= 11 is 0. The van der Waals surface area contributed by atoms with E-state index in [1.807, 2.05) is 0 Å². The molecule has 48 valence electrons. The summed E-state index contributed by atoms with van der Waals surface area (Å²) in [5, 5.41) is 0. The maximum absolute atomic E-state index is 9.88. The predicted molar refractivity (Wildman–Crippen MR) is 31.1 cm³/mol. The summed E-state index contributed by atoms with van der Waals surface area (Å²) in [6, 6.07) is 0. The molecule has 0 aliphatic carbocycles. The molecule has 0 aliphatic rings. The molecular weight excluding hydrogens is 151 g/mol. The molecule has 1 atom stereocenters. The molecule has 6 heteroatoms. The molecule has 0 saturated heterocycles. The van der Waals surface area contributed by atoms with Crippen molar-refractivity contribution in [2.24, 2.45) is 0 Å². The summed E-state index contributed by atoms with van der Waals surface area (Å²) < 4.78 is 27.5. The highest BCUT2D eigenvalue weighted by Crippen LogP contribution is 1.89. The van der Waals surface area contributed by atoms with Gasteiger partial charge < -0.3 is 0 Å². The maximum Gasteiger partial charge on any atom is 0.272 e. The Bertz CT molecular complexity index is 180. The van der Waals surface area contributed by atoms with E-state index >= 15 is 0 Å². The summed E-state index contributed by atoms with van der Waals surface area (Å²) in [5.74, 6) is -0.822. The smallest absolute Gasteiger partial charge is 0.272 e. The summed E-state index contributed by atoms with van der Waals surface area (Å²) in [6.07, 6.45) is 0. The Hall–Kier alpha value is 0.01000. The minimum atomic E-state index is -4.09. The molecule has 0 aromatic carbocycles. The van der Waals surface area contributed by atoms with Gasteiger partial charge in [-0.1, -0.05) is 9.24 Å². The summed E-state index contributed by atoms with van der Waals surface area (Å²) in [7, 11) is -2.45. The largest absolute Gasteiger partial charge is 0.294 e. The van der Waals surface area contributed by atoms with Crippen LogP contribution >= 0.6 is 9.24 Å². The van der Waals surface area contributed by atoms with E-state index in [4.69, 9.17) is 4.55 Å². The minimum absolute atomic E-state index is 0.646. The van der Waals surface area contributed by atoms with Crippen LogP contribution in [0.15, 0.2) is 0 Å². The van der Waals surface area contributed by atoms with Crippen molar-refractivity contribution in [3.05, 3.63) is 0 Å². The van der Waals surface area contributed by atoms with Crippen molar-refractivity contribution in [1.29, 1.82) is 0 Å². The first-order valence-electron chi connectivity index (χ1n) is 1.65. The van der Waals surface area contributed by atoms with E-state index in [-0.39, 0.29) is 0 Å². The SMILES string of the molecule is O=C(P)CS(=O)(=O)O. The number of hydrogen-bond donors (Lipinski definition) is 1. The van der Waals surface area contributed by atoms with Crippen molar-refractivity contribution in [3.63, 3.8) is 0 Å². The third-order valence-electron chi connectivity index (χ3n) is 0.325.